The van der Waals surface area contributed by atoms with Gasteiger partial charge in [0.05, 0.1) is 26.2 Å². The molecule has 0 fully saturated rings. The van der Waals surface area contributed by atoms with E-state index in [0.717, 1.165) is 22.3 Å². The standard InChI is InChI=1S/C25H24ClNO5/c1-4-31-24(29)13-22-19-12-23(28)27(2)14-21(19)18-10-9-17(30-3)11-20(18)25(32-22)15-5-7-16(26)8-6-15/h5-12,14,22,25H,4,13H2,1-3H3/t22-,25+/m1/s1. The number of benzene rings is 2. The zero-order chi connectivity index (χ0) is 22.8. The second kappa shape index (κ2) is 9.18. The summed E-state index contributed by atoms with van der Waals surface area (Å²) in [6.07, 6.45) is 0.597. The van der Waals surface area contributed by atoms with E-state index in [0.29, 0.717) is 16.3 Å². The molecule has 2 heterocycles. The van der Waals surface area contributed by atoms with Gasteiger partial charge in [-0.05, 0) is 53.4 Å². The molecule has 0 saturated carbocycles. The Kier molecular flexibility index (Phi) is 6.35. The summed E-state index contributed by atoms with van der Waals surface area (Å²) in [7, 11) is 3.31. The van der Waals surface area contributed by atoms with Crippen molar-refractivity contribution in [2.45, 2.75) is 25.6 Å². The van der Waals surface area contributed by atoms with Crippen LogP contribution in [-0.4, -0.2) is 24.3 Å². The number of fused-ring (bicyclic) bond motifs is 3. The summed E-state index contributed by atoms with van der Waals surface area (Å²) in [5.41, 5.74) is 3.96. The molecule has 0 bridgehead atoms. The van der Waals surface area contributed by atoms with E-state index in [1.54, 1.807) is 39.4 Å². The van der Waals surface area contributed by atoms with Crippen molar-refractivity contribution in [1.82, 2.24) is 4.57 Å². The Morgan fingerprint density at radius 1 is 1.09 bits per heavy atom. The van der Waals surface area contributed by atoms with Gasteiger partial charge in [-0.25, -0.2) is 0 Å². The summed E-state index contributed by atoms with van der Waals surface area (Å²) in [5, 5.41) is 0.614. The third-order valence-electron chi connectivity index (χ3n) is 5.57. The minimum Gasteiger partial charge on any atom is -0.497 e. The van der Waals surface area contributed by atoms with E-state index < -0.39 is 12.2 Å². The Hall–Kier alpha value is -3.09. The van der Waals surface area contributed by atoms with E-state index in [9.17, 15) is 9.59 Å². The van der Waals surface area contributed by atoms with Gasteiger partial charge in [-0.1, -0.05) is 29.8 Å². The van der Waals surface area contributed by atoms with Gasteiger partial charge in [-0.15, -0.1) is 0 Å². The van der Waals surface area contributed by atoms with Crippen molar-refractivity contribution in [3.8, 4) is 16.9 Å². The maximum absolute atomic E-state index is 12.5. The molecule has 0 spiro atoms. The summed E-state index contributed by atoms with van der Waals surface area (Å²) in [4.78, 5) is 24.9. The highest BCUT2D eigenvalue weighted by molar-refractivity contribution is 6.30. The van der Waals surface area contributed by atoms with Crippen LogP contribution in [0.2, 0.25) is 5.02 Å². The normalized spacial score (nSPS) is 17.1. The predicted molar refractivity (Wildman–Crippen MR) is 122 cm³/mol. The fraction of sp³-hybridized carbons (Fsp3) is 0.280. The number of halogens is 1. The molecule has 0 amide bonds. The van der Waals surface area contributed by atoms with Gasteiger partial charge < -0.3 is 18.8 Å². The van der Waals surface area contributed by atoms with E-state index in [1.165, 1.54) is 10.6 Å². The summed E-state index contributed by atoms with van der Waals surface area (Å²) in [5.74, 6) is 0.295. The van der Waals surface area contributed by atoms with E-state index in [4.69, 9.17) is 25.8 Å². The topological polar surface area (TPSA) is 66.8 Å². The SMILES string of the molecule is CCOC(=O)C[C@H]1O[C@@H](c2ccc(Cl)cc2)c2cc(OC)ccc2-c2cn(C)c(=O)cc21. The highest BCUT2D eigenvalue weighted by atomic mass is 35.5. The second-order valence-corrected chi connectivity index (χ2v) is 8.05. The van der Waals surface area contributed by atoms with E-state index in [1.807, 2.05) is 30.3 Å². The number of carbonyl (C=O) groups excluding carboxylic acids is 1. The number of methoxy groups -OCH3 is 1. The van der Waals surface area contributed by atoms with Gasteiger partial charge in [0, 0.05) is 29.9 Å². The van der Waals surface area contributed by atoms with Gasteiger partial charge in [0.25, 0.3) is 5.56 Å². The van der Waals surface area contributed by atoms with Crippen LogP contribution in [-0.2, 0) is 21.3 Å². The zero-order valence-corrected chi connectivity index (χ0v) is 18.9. The van der Waals surface area contributed by atoms with Gasteiger partial charge in [0.2, 0.25) is 0 Å². The first-order valence-electron chi connectivity index (χ1n) is 10.4. The van der Waals surface area contributed by atoms with Crippen molar-refractivity contribution in [2.24, 2.45) is 7.05 Å². The third kappa shape index (κ3) is 4.29. The molecule has 6 nitrogen and oxygen atoms in total. The molecule has 1 aliphatic rings. The van der Waals surface area contributed by atoms with Crippen LogP contribution in [0, 0.1) is 0 Å². The molecular weight excluding hydrogens is 430 g/mol. The molecule has 0 N–H and O–H groups in total. The largest absolute Gasteiger partial charge is 0.497 e. The van der Waals surface area contributed by atoms with Crippen LogP contribution in [0.15, 0.2) is 59.5 Å². The van der Waals surface area contributed by atoms with Crippen LogP contribution in [0.4, 0.5) is 0 Å². The highest BCUT2D eigenvalue weighted by Crippen LogP contribution is 2.46. The van der Waals surface area contributed by atoms with Crippen molar-refractivity contribution in [3.05, 3.63) is 86.8 Å². The van der Waals surface area contributed by atoms with E-state index in [-0.39, 0.29) is 24.6 Å². The molecule has 4 rings (SSSR count). The number of rotatable bonds is 5. The predicted octanol–water partition coefficient (Wildman–Crippen LogP) is 4.83. The molecular formula is C25H24ClNO5. The summed E-state index contributed by atoms with van der Waals surface area (Å²) < 4.78 is 18.7. The number of esters is 1. The summed E-state index contributed by atoms with van der Waals surface area (Å²) >= 11 is 6.11. The fourth-order valence-electron chi connectivity index (χ4n) is 4.00. The van der Waals surface area contributed by atoms with Crippen LogP contribution in [0.3, 0.4) is 0 Å². The lowest BCUT2D eigenvalue weighted by Gasteiger charge is -2.24. The van der Waals surface area contributed by atoms with Crippen molar-refractivity contribution in [1.29, 1.82) is 0 Å². The average Bonchev–Trinajstić information content (AvgIpc) is 2.90. The smallest absolute Gasteiger partial charge is 0.308 e. The monoisotopic (exact) mass is 453 g/mol. The number of ether oxygens (including phenoxy) is 3. The molecule has 1 aromatic heterocycles. The molecule has 3 aromatic rings. The highest BCUT2D eigenvalue weighted by Gasteiger charge is 2.33. The van der Waals surface area contributed by atoms with Crippen LogP contribution >= 0.6 is 11.6 Å². The number of nitrogens with zero attached hydrogens (tertiary/aromatic N) is 1. The van der Waals surface area contributed by atoms with E-state index >= 15 is 0 Å². The van der Waals surface area contributed by atoms with Gasteiger partial charge in [-0.3, -0.25) is 9.59 Å². The minimum absolute atomic E-state index is 0.0107. The summed E-state index contributed by atoms with van der Waals surface area (Å²) in [6, 6.07) is 14.7. The Bertz CT molecular complexity index is 1200. The van der Waals surface area contributed by atoms with Crippen LogP contribution in [0.5, 0.6) is 5.75 Å². The molecule has 0 unspecified atom stereocenters. The Labute approximate surface area is 191 Å². The first-order valence-corrected chi connectivity index (χ1v) is 10.7. The maximum Gasteiger partial charge on any atom is 0.308 e. The molecule has 0 saturated heterocycles. The zero-order valence-electron chi connectivity index (χ0n) is 18.1. The maximum atomic E-state index is 12.5. The van der Waals surface area contributed by atoms with Gasteiger partial charge >= 0.3 is 5.97 Å². The number of aromatic nitrogens is 1. The lowest BCUT2D eigenvalue weighted by Crippen LogP contribution is -2.20. The minimum atomic E-state index is -0.669. The molecule has 0 radical (unpaired) electrons. The number of carbonyl (C=O) groups is 1. The fourth-order valence-corrected chi connectivity index (χ4v) is 4.13. The summed E-state index contributed by atoms with van der Waals surface area (Å²) in [6.45, 7) is 2.03. The molecule has 2 aromatic carbocycles. The van der Waals surface area contributed by atoms with Crippen molar-refractivity contribution >= 4 is 17.6 Å². The van der Waals surface area contributed by atoms with Crippen molar-refractivity contribution in [3.63, 3.8) is 0 Å². The third-order valence-corrected chi connectivity index (χ3v) is 5.82. The Morgan fingerprint density at radius 3 is 2.53 bits per heavy atom. The lowest BCUT2D eigenvalue weighted by atomic mass is 9.91. The van der Waals surface area contributed by atoms with Gasteiger partial charge in [0.1, 0.15) is 11.9 Å². The molecule has 166 valence electrons. The lowest BCUT2D eigenvalue weighted by molar-refractivity contribution is -0.147. The molecule has 0 aliphatic carbocycles. The number of hydrogen-bond acceptors (Lipinski definition) is 5. The van der Waals surface area contributed by atoms with Crippen LogP contribution in [0.1, 0.15) is 42.2 Å². The first-order chi connectivity index (χ1) is 15.4. The first kappa shape index (κ1) is 22.1. The van der Waals surface area contributed by atoms with E-state index in [2.05, 4.69) is 0 Å². The average molecular weight is 454 g/mol. The molecule has 32 heavy (non-hydrogen) atoms. The van der Waals surface area contributed by atoms with Crippen molar-refractivity contribution in [2.75, 3.05) is 13.7 Å². The van der Waals surface area contributed by atoms with Crippen LogP contribution in [0.25, 0.3) is 11.1 Å². The molecule has 2 atom stereocenters. The van der Waals surface area contributed by atoms with Gasteiger partial charge in [-0.2, -0.15) is 0 Å². The Morgan fingerprint density at radius 2 is 1.84 bits per heavy atom. The van der Waals surface area contributed by atoms with Crippen LogP contribution < -0.4 is 10.3 Å². The number of pyridine rings is 1. The van der Waals surface area contributed by atoms with Gasteiger partial charge in [0.15, 0.2) is 0 Å². The number of aryl methyl sites for hydroxylation is 1. The Balaban J connectivity index is 1.95. The molecule has 1 aliphatic heterocycles. The quantitative estimate of drug-likeness (QED) is 0.518. The second-order valence-electron chi connectivity index (χ2n) is 7.61. The van der Waals surface area contributed by atoms with Crippen molar-refractivity contribution < 1.29 is 19.0 Å². The molecule has 7 heteroatoms. The number of hydrogen-bond donors (Lipinski definition) is 0.